The highest BCUT2D eigenvalue weighted by molar-refractivity contribution is 6.35. The van der Waals surface area contributed by atoms with Gasteiger partial charge in [0.25, 0.3) is 0 Å². The Morgan fingerprint density at radius 1 is 1.35 bits per heavy atom. The van der Waals surface area contributed by atoms with Crippen LogP contribution < -0.4 is 5.32 Å². The topological polar surface area (TPSA) is 69.0 Å². The van der Waals surface area contributed by atoms with E-state index in [9.17, 15) is 4.79 Å². The summed E-state index contributed by atoms with van der Waals surface area (Å²) in [6.07, 6.45) is 4.13. The Morgan fingerprint density at radius 3 is 2.60 bits per heavy atom. The van der Waals surface area contributed by atoms with Crippen molar-refractivity contribution in [1.82, 2.24) is 14.8 Å². The molecule has 0 fully saturated rings. The van der Waals surface area contributed by atoms with Gasteiger partial charge in [0, 0.05) is 21.9 Å². The third-order valence-corrected chi connectivity index (χ3v) is 2.73. The minimum atomic E-state index is -0.559. The van der Waals surface area contributed by atoms with Gasteiger partial charge in [-0.25, -0.2) is 14.5 Å². The van der Waals surface area contributed by atoms with Gasteiger partial charge >= 0.3 is 5.97 Å². The fourth-order valence-electron chi connectivity index (χ4n) is 1.44. The molecule has 1 heterocycles. The van der Waals surface area contributed by atoms with Gasteiger partial charge in [-0.15, -0.1) is 0 Å². The second kappa shape index (κ2) is 6.40. The van der Waals surface area contributed by atoms with Crippen LogP contribution in [-0.2, 0) is 9.53 Å². The quantitative estimate of drug-likeness (QED) is 0.694. The van der Waals surface area contributed by atoms with Gasteiger partial charge in [-0.05, 0) is 18.2 Å². The maximum Gasteiger partial charge on any atom is 0.358 e. The summed E-state index contributed by atoms with van der Waals surface area (Å²) in [7, 11) is 1.28. The van der Waals surface area contributed by atoms with Crippen LogP contribution in [0.5, 0.6) is 0 Å². The molecule has 0 spiro atoms. The lowest BCUT2D eigenvalue weighted by molar-refractivity contribution is -0.134. The molecule has 0 amide bonds. The lowest BCUT2D eigenvalue weighted by Crippen LogP contribution is -2.12. The first-order chi connectivity index (χ1) is 9.60. The number of ether oxygens (including phenoxy) is 1. The van der Waals surface area contributed by atoms with Gasteiger partial charge in [0.1, 0.15) is 12.7 Å². The molecule has 1 N–H and O–H groups in total. The van der Waals surface area contributed by atoms with E-state index < -0.39 is 5.97 Å². The Balaban J connectivity index is 2.27. The number of methoxy groups -OCH3 is 1. The molecular formula is C12H10Cl2N4O2. The van der Waals surface area contributed by atoms with Crippen molar-refractivity contribution in [3.63, 3.8) is 0 Å². The number of hydrogen-bond donors (Lipinski definition) is 1. The first-order valence-electron chi connectivity index (χ1n) is 5.46. The summed E-state index contributed by atoms with van der Waals surface area (Å²) in [5, 5.41) is 7.75. The molecule has 0 aliphatic carbocycles. The fraction of sp³-hybridized carbons (Fsp3) is 0.0833. The van der Waals surface area contributed by atoms with Crippen LogP contribution in [0.4, 0.5) is 5.69 Å². The van der Waals surface area contributed by atoms with Crippen molar-refractivity contribution in [2.45, 2.75) is 0 Å². The van der Waals surface area contributed by atoms with E-state index in [1.165, 1.54) is 30.6 Å². The summed E-state index contributed by atoms with van der Waals surface area (Å²) >= 11 is 11.8. The number of halogens is 2. The molecule has 1 aromatic heterocycles. The molecule has 6 nitrogen and oxygen atoms in total. The first kappa shape index (κ1) is 14.4. The van der Waals surface area contributed by atoms with E-state index in [0.717, 1.165) is 0 Å². The smallest absolute Gasteiger partial charge is 0.358 e. The Morgan fingerprint density at radius 2 is 2.05 bits per heavy atom. The summed E-state index contributed by atoms with van der Waals surface area (Å²) in [5.74, 6) is -0.559. The number of benzene rings is 1. The zero-order valence-corrected chi connectivity index (χ0v) is 11.9. The number of carbonyl (C=O) groups excluding carboxylic acids is 1. The molecule has 104 valence electrons. The maximum absolute atomic E-state index is 11.7. The van der Waals surface area contributed by atoms with Crippen molar-refractivity contribution in [2.24, 2.45) is 0 Å². The van der Waals surface area contributed by atoms with E-state index in [4.69, 9.17) is 23.2 Å². The molecule has 0 aliphatic rings. The van der Waals surface area contributed by atoms with Crippen molar-refractivity contribution in [2.75, 3.05) is 12.4 Å². The lowest BCUT2D eigenvalue weighted by atomic mass is 10.3. The first-order valence-corrected chi connectivity index (χ1v) is 6.22. The van der Waals surface area contributed by atoms with Crippen molar-refractivity contribution >= 4 is 40.6 Å². The average Bonchev–Trinajstić information content (AvgIpc) is 2.91. The largest absolute Gasteiger partial charge is 0.464 e. The normalized spacial score (nSPS) is 11.2. The Labute approximate surface area is 125 Å². The molecule has 2 rings (SSSR count). The van der Waals surface area contributed by atoms with E-state index in [0.29, 0.717) is 15.7 Å². The standard InChI is InChI=1S/C12H10Cl2N4O2/c1-20-12(19)11(18-7-15-6-17-18)5-16-10-3-8(13)2-9(14)4-10/h2-7,16H,1H3/b11-5+. The zero-order valence-electron chi connectivity index (χ0n) is 10.4. The molecule has 2 aromatic rings. The number of rotatable bonds is 4. The molecular weight excluding hydrogens is 303 g/mol. The van der Waals surface area contributed by atoms with Crippen LogP contribution in [0.3, 0.4) is 0 Å². The summed E-state index contributed by atoms with van der Waals surface area (Å²) < 4.78 is 5.97. The monoisotopic (exact) mass is 312 g/mol. The molecule has 0 saturated heterocycles. The fourth-order valence-corrected chi connectivity index (χ4v) is 1.97. The van der Waals surface area contributed by atoms with Gasteiger partial charge in [-0.1, -0.05) is 23.2 Å². The Hall–Kier alpha value is -2.05. The van der Waals surface area contributed by atoms with Crippen LogP contribution in [0, 0.1) is 0 Å². The van der Waals surface area contributed by atoms with Crippen LogP contribution in [-0.4, -0.2) is 27.8 Å². The molecule has 1 aromatic carbocycles. The predicted molar refractivity (Wildman–Crippen MR) is 76.4 cm³/mol. The van der Waals surface area contributed by atoms with Crippen LogP contribution >= 0.6 is 23.2 Å². The third kappa shape index (κ3) is 3.49. The summed E-state index contributed by atoms with van der Waals surface area (Å²) in [6, 6.07) is 4.94. The minimum absolute atomic E-state index is 0.168. The van der Waals surface area contributed by atoms with Gasteiger partial charge in [0.2, 0.25) is 0 Å². The number of hydrogen-bond acceptors (Lipinski definition) is 5. The highest BCUT2D eigenvalue weighted by atomic mass is 35.5. The molecule has 0 radical (unpaired) electrons. The van der Waals surface area contributed by atoms with Gasteiger partial charge in [0.15, 0.2) is 5.70 Å². The number of aromatic nitrogens is 3. The lowest BCUT2D eigenvalue weighted by Gasteiger charge is -2.07. The zero-order chi connectivity index (χ0) is 14.5. The highest BCUT2D eigenvalue weighted by Gasteiger charge is 2.12. The van der Waals surface area contributed by atoms with Gasteiger partial charge < -0.3 is 10.1 Å². The molecule has 20 heavy (non-hydrogen) atoms. The van der Waals surface area contributed by atoms with Gasteiger partial charge in [0.05, 0.1) is 7.11 Å². The summed E-state index contributed by atoms with van der Waals surface area (Å²) in [6.45, 7) is 0. The van der Waals surface area contributed by atoms with Gasteiger partial charge in [-0.3, -0.25) is 0 Å². The highest BCUT2D eigenvalue weighted by Crippen LogP contribution is 2.22. The summed E-state index contributed by atoms with van der Waals surface area (Å²) in [5.41, 5.74) is 0.796. The van der Waals surface area contributed by atoms with Crippen molar-refractivity contribution in [3.8, 4) is 0 Å². The molecule has 0 aliphatic heterocycles. The predicted octanol–water partition coefficient (Wildman–Crippen LogP) is 2.67. The minimum Gasteiger partial charge on any atom is -0.464 e. The molecule has 0 bridgehead atoms. The molecule has 8 heteroatoms. The van der Waals surface area contributed by atoms with Crippen molar-refractivity contribution < 1.29 is 9.53 Å². The second-order valence-electron chi connectivity index (χ2n) is 3.66. The number of anilines is 1. The Kier molecular flexibility index (Phi) is 4.60. The Bertz CT molecular complexity index is 621. The third-order valence-electron chi connectivity index (χ3n) is 2.30. The van der Waals surface area contributed by atoms with E-state index in [2.05, 4.69) is 20.1 Å². The van der Waals surface area contributed by atoms with Crippen molar-refractivity contribution in [3.05, 3.63) is 47.1 Å². The van der Waals surface area contributed by atoms with Crippen LogP contribution in [0.2, 0.25) is 10.0 Å². The van der Waals surface area contributed by atoms with Crippen molar-refractivity contribution in [1.29, 1.82) is 0 Å². The van der Waals surface area contributed by atoms with E-state index in [1.54, 1.807) is 18.2 Å². The van der Waals surface area contributed by atoms with Gasteiger partial charge in [-0.2, -0.15) is 5.10 Å². The molecule has 0 unspecified atom stereocenters. The SMILES string of the molecule is COC(=O)/C(=C\Nc1cc(Cl)cc(Cl)c1)n1cncn1. The van der Waals surface area contributed by atoms with Crippen LogP contribution in [0.1, 0.15) is 0 Å². The van der Waals surface area contributed by atoms with E-state index in [-0.39, 0.29) is 5.70 Å². The number of nitrogens with one attached hydrogen (secondary N) is 1. The number of nitrogens with zero attached hydrogens (tertiary/aromatic N) is 3. The second-order valence-corrected chi connectivity index (χ2v) is 4.54. The molecule has 0 atom stereocenters. The van der Waals surface area contributed by atoms with Crippen LogP contribution in [0.15, 0.2) is 37.1 Å². The van der Waals surface area contributed by atoms with E-state index >= 15 is 0 Å². The maximum atomic E-state index is 11.7. The summed E-state index contributed by atoms with van der Waals surface area (Å²) in [4.78, 5) is 15.5. The molecule has 0 saturated carbocycles. The number of carbonyl (C=O) groups is 1. The van der Waals surface area contributed by atoms with E-state index in [1.807, 2.05) is 0 Å². The average molecular weight is 313 g/mol. The van der Waals surface area contributed by atoms with Crippen LogP contribution in [0.25, 0.3) is 5.70 Å². The number of esters is 1.